The van der Waals surface area contributed by atoms with Crippen LogP contribution in [0.25, 0.3) is 0 Å². The molecule has 0 amide bonds. The summed E-state index contributed by atoms with van der Waals surface area (Å²) in [6.07, 6.45) is 3.40. The summed E-state index contributed by atoms with van der Waals surface area (Å²) < 4.78 is 5.74. The van der Waals surface area contributed by atoms with Crippen molar-refractivity contribution in [2.45, 2.75) is 39.2 Å². The van der Waals surface area contributed by atoms with Gasteiger partial charge < -0.3 is 10.1 Å². The maximum absolute atomic E-state index is 5.74. The van der Waals surface area contributed by atoms with Gasteiger partial charge in [-0.15, -0.1) is 0 Å². The molecule has 112 valence electrons. The Balaban J connectivity index is 1.94. The lowest BCUT2D eigenvalue weighted by Crippen LogP contribution is -2.23. The number of hydrogen-bond donors (Lipinski definition) is 1. The Morgan fingerprint density at radius 1 is 1.33 bits per heavy atom. The zero-order valence-electron chi connectivity index (χ0n) is 12.8. The average Bonchev–Trinajstić information content (AvgIpc) is 2.94. The summed E-state index contributed by atoms with van der Waals surface area (Å²) in [5.41, 5.74) is 5.50. The fourth-order valence-corrected chi connectivity index (χ4v) is 3.80. The third-order valence-corrected chi connectivity index (χ3v) is 4.95. The molecule has 1 N–H and O–H groups in total. The van der Waals surface area contributed by atoms with Gasteiger partial charge in [0, 0.05) is 0 Å². The van der Waals surface area contributed by atoms with Crippen molar-refractivity contribution >= 4 is 11.3 Å². The summed E-state index contributed by atoms with van der Waals surface area (Å²) in [5, 5.41) is 8.21. The van der Waals surface area contributed by atoms with Gasteiger partial charge in [0.25, 0.3) is 0 Å². The average molecular weight is 301 g/mol. The van der Waals surface area contributed by atoms with E-state index in [1.165, 1.54) is 22.3 Å². The van der Waals surface area contributed by atoms with E-state index in [0.29, 0.717) is 6.04 Å². The minimum absolute atomic E-state index is 0.295. The normalized spacial score (nSPS) is 15.3. The van der Waals surface area contributed by atoms with Crippen LogP contribution in [0.4, 0.5) is 0 Å². The predicted octanol–water partition coefficient (Wildman–Crippen LogP) is 4.47. The molecular formula is C18H23NOS. The molecule has 2 nitrogen and oxygen atoms in total. The molecule has 0 bridgehead atoms. The fourth-order valence-electron chi connectivity index (χ4n) is 2.92. The molecule has 0 saturated carbocycles. The number of rotatable bonds is 5. The molecule has 2 aromatic rings. The van der Waals surface area contributed by atoms with E-state index in [1.54, 1.807) is 11.3 Å². The summed E-state index contributed by atoms with van der Waals surface area (Å²) >= 11 is 1.79. The molecule has 0 radical (unpaired) electrons. The van der Waals surface area contributed by atoms with Crippen molar-refractivity contribution in [3.63, 3.8) is 0 Å². The lowest BCUT2D eigenvalue weighted by atomic mass is 9.94. The molecule has 2 heterocycles. The first-order valence-electron chi connectivity index (χ1n) is 7.81. The third-order valence-electron chi connectivity index (χ3n) is 4.07. The van der Waals surface area contributed by atoms with Gasteiger partial charge in [-0.25, -0.2) is 0 Å². The summed E-state index contributed by atoms with van der Waals surface area (Å²) in [4.78, 5) is 0. The summed E-state index contributed by atoms with van der Waals surface area (Å²) in [5.74, 6) is 1.07. The Morgan fingerprint density at radius 2 is 2.24 bits per heavy atom. The third kappa shape index (κ3) is 3.14. The van der Waals surface area contributed by atoms with Gasteiger partial charge >= 0.3 is 0 Å². The first-order valence-corrected chi connectivity index (χ1v) is 8.75. The van der Waals surface area contributed by atoms with Crippen molar-refractivity contribution in [1.82, 2.24) is 5.32 Å². The zero-order chi connectivity index (χ0) is 14.7. The molecule has 1 aliphatic rings. The minimum atomic E-state index is 0.295. The number of ether oxygens (including phenoxy) is 1. The Hall–Kier alpha value is -1.32. The van der Waals surface area contributed by atoms with Crippen molar-refractivity contribution < 1.29 is 4.74 Å². The highest BCUT2D eigenvalue weighted by Crippen LogP contribution is 2.32. The zero-order valence-corrected chi connectivity index (χ0v) is 13.6. The quantitative estimate of drug-likeness (QED) is 0.879. The van der Waals surface area contributed by atoms with Crippen LogP contribution in [0.2, 0.25) is 0 Å². The SMILES string of the molecule is CCCNC(c1ccc2c(c1)CCCO2)c1cscc1C. The maximum atomic E-state index is 5.74. The molecule has 0 fully saturated rings. The highest BCUT2D eigenvalue weighted by atomic mass is 32.1. The molecule has 0 spiro atoms. The predicted molar refractivity (Wildman–Crippen MR) is 89.5 cm³/mol. The molecule has 0 saturated heterocycles. The van der Waals surface area contributed by atoms with E-state index in [9.17, 15) is 0 Å². The van der Waals surface area contributed by atoms with Crippen LogP contribution >= 0.6 is 11.3 Å². The molecule has 3 rings (SSSR count). The smallest absolute Gasteiger partial charge is 0.122 e. The van der Waals surface area contributed by atoms with Crippen LogP contribution < -0.4 is 10.1 Å². The second kappa shape index (κ2) is 6.63. The van der Waals surface area contributed by atoms with E-state index in [0.717, 1.165) is 38.2 Å². The number of thiophene rings is 1. The molecular weight excluding hydrogens is 278 g/mol. The summed E-state index contributed by atoms with van der Waals surface area (Å²) in [7, 11) is 0. The first-order chi connectivity index (χ1) is 10.3. The van der Waals surface area contributed by atoms with Crippen molar-refractivity contribution in [2.24, 2.45) is 0 Å². The monoisotopic (exact) mass is 301 g/mol. The van der Waals surface area contributed by atoms with Crippen LogP contribution in [0.3, 0.4) is 0 Å². The van der Waals surface area contributed by atoms with Gasteiger partial charge in [0.2, 0.25) is 0 Å². The molecule has 1 unspecified atom stereocenters. The molecule has 1 atom stereocenters. The first kappa shape index (κ1) is 14.6. The maximum Gasteiger partial charge on any atom is 0.122 e. The highest BCUT2D eigenvalue weighted by Gasteiger charge is 2.19. The van der Waals surface area contributed by atoms with Crippen molar-refractivity contribution in [3.8, 4) is 5.75 Å². The standard InChI is InChI=1S/C18H23NOS/c1-3-8-19-18(16-12-21-11-13(16)2)15-6-7-17-14(10-15)5-4-9-20-17/h6-7,10-12,18-19H,3-5,8-9H2,1-2H3. The second-order valence-electron chi connectivity index (χ2n) is 5.72. The van der Waals surface area contributed by atoms with Gasteiger partial charge in [0.05, 0.1) is 12.6 Å². The van der Waals surface area contributed by atoms with Crippen LogP contribution in [0.5, 0.6) is 5.75 Å². The van der Waals surface area contributed by atoms with Gasteiger partial charge in [-0.1, -0.05) is 19.1 Å². The molecule has 1 aromatic carbocycles. The lowest BCUT2D eigenvalue weighted by Gasteiger charge is -2.23. The van der Waals surface area contributed by atoms with Crippen LogP contribution in [0.15, 0.2) is 29.0 Å². The van der Waals surface area contributed by atoms with Crippen molar-refractivity contribution in [2.75, 3.05) is 13.2 Å². The highest BCUT2D eigenvalue weighted by molar-refractivity contribution is 7.08. The van der Waals surface area contributed by atoms with E-state index in [-0.39, 0.29) is 0 Å². The van der Waals surface area contributed by atoms with E-state index < -0.39 is 0 Å². The lowest BCUT2D eigenvalue weighted by molar-refractivity contribution is 0.288. The number of nitrogens with one attached hydrogen (secondary N) is 1. The van der Waals surface area contributed by atoms with E-state index in [4.69, 9.17) is 4.74 Å². The Kier molecular flexibility index (Phi) is 4.61. The molecule has 1 aliphatic heterocycles. The van der Waals surface area contributed by atoms with Gasteiger partial charge in [-0.3, -0.25) is 0 Å². The second-order valence-corrected chi connectivity index (χ2v) is 6.46. The Labute approximate surface area is 131 Å². The molecule has 21 heavy (non-hydrogen) atoms. The molecule has 1 aromatic heterocycles. The van der Waals surface area contributed by atoms with Gasteiger partial charge in [-0.05, 0) is 71.8 Å². The van der Waals surface area contributed by atoms with E-state index in [2.05, 4.69) is 48.1 Å². The van der Waals surface area contributed by atoms with Crippen LogP contribution in [0, 0.1) is 6.92 Å². The number of fused-ring (bicyclic) bond motifs is 1. The number of hydrogen-bond acceptors (Lipinski definition) is 3. The Morgan fingerprint density at radius 3 is 3.00 bits per heavy atom. The molecule has 0 aliphatic carbocycles. The Bertz CT molecular complexity index is 605. The number of aryl methyl sites for hydroxylation is 2. The largest absolute Gasteiger partial charge is 0.493 e. The summed E-state index contributed by atoms with van der Waals surface area (Å²) in [6, 6.07) is 6.99. The van der Waals surface area contributed by atoms with Gasteiger partial charge in [0.15, 0.2) is 0 Å². The topological polar surface area (TPSA) is 21.3 Å². The molecule has 3 heteroatoms. The van der Waals surface area contributed by atoms with Gasteiger partial charge in [-0.2, -0.15) is 11.3 Å². The van der Waals surface area contributed by atoms with E-state index in [1.807, 2.05) is 0 Å². The fraction of sp³-hybridized carbons (Fsp3) is 0.444. The van der Waals surface area contributed by atoms with Crippen LogP contribution in [0.1, 0.15) is 48.1 Å². The minimum Gasteiger partial charge on any atom is -0.493 e. The number of benzene rings is 1. The summed E-state index contributed by atoms with van der Waals surface area (Å²) in [6.45, 7) is 6.31. The van der Waals surface area contributed by atoms with Crippen molar-refractivity contribution in [1.29, 1.82) is 0 Å². The van der Waals surface area contributed by atoms with Crippen LogP contribution in [-0.4, -0.2) is 13.2 Å². The van der Waals surface area contributed by atoms with E-state index >= 15 is 0 Å². The van der Waals surface area contributed by atoms with Crippen LogP contribution in [-0.2, 0) is 6.42 Å². The van der Waals surface area contributed by atoms with Crippen molar-refractivity contribution in [3.05, 3.63) is 51.2 Å². The van der Waals surface area contributed by atoms with Gasteiger partial charge in [0.1, 0.15) is 5.75 Å².